The number of halogens is 3. The zero-order valence-electron chi connectivity index (χ0n) is 15.9. The number of sulfonamides is 1. The van der Waals surface area contributed by atoms with E-state index in [9.17, 15) is 17.6 Å². The molecule has 4 rings (SSSR count). The molecule has 1 aromatic carbocycles. The number of cyclic esters (lactones) is 1. The molecule has 0 atom stereocenters. The van der Waals surface area contributed by atoms with Crippen LogP contribution in [0.15, 0.2) is 52.2 Å². The van der Waals surface area contributed by atoms with Crippen LogP contribution in [0.4, 0.5) is 14.9 Å². The number of carbonyl (C=O) groups is 1. The molecule has 1 aromatic rings. The molecule has 3 aliphatic rings. The Hall–Kier alpha value is -1.87. The van der Waals surface area contributed by atoms with Crippen molar-refractivity contribution in [2.45, 2.75) is 31.9 Å². The highest BCUT2D eigenvalue weighted by atomic mass is 35.5. The van der Waals surface area contributed by atoms with Crippen molar-refractivity contribution in [2.75, 3.05) is 18.0 Å². The van der Waals surface area contributed by atoms with Gasteiger partial charge in [-0.3, -0.25) is 4.90 Å². The molecule has 1 saturated heterocycles. The fourth-order valence-electron chi connectivity index (χ4n) is 3.87. The number of benzene rings is 1. The summed E-state index contributed by atoms with van der Waals surface area (Å²) < 4.78 is 46.3. The quantitative estimate of drug-likeness (QED) is 0.630. The van der Waals surface area contributed by atoms with E-state index in [-0.39, 0.29) is 42.1 Å². The maximum atomic E-state index is 13.6. The van der Waals surface area contributed by atoms with Crippen LogP contribution in [0.5, 0.6) is 0 Å². The lowest BCUT2D eigenvalue weighted by atomic mass is 10.0. The summed E-state index contributed by atoms with van der Waals surface area (Å²) in [5.74, 6) is -0.664. The van der Waals surface area contributed by atoms with Crippen molar-refractivity contribution in [3.8, 4) is 0 Å². The Morgan fingerprint density at radius 3 is 2.63 bits per heavy atom. The summed E-state index contributed by atoms with van der Waals surface area (Å²) >= 11 is 11.9. The first kappa shape index (κ1) is 21.4. The summed E-state index contributed by atoms with van der Waals surface area (Å²) in [6.45, 7) is 0.611. The number of carbonyl (C=O) groups excluding carboxylic acids is 1. The molecule has 1 aliphatic carbocycles. The van der Waals surface area contributed by atoms with Crippen LogP contribution in [0.3, 0.4) is 0 Å². The Kier molecular flexibility index (Phi) is 5.94. The SMILES string of the molecule is O=C1OCc2cc(Cl)ccc2N1C1CCN(S(=O)(=O)C2=CC(Cl)=C(F)C=CC2)CC1. The Labute approximate surface area is 184 Å². The second kappa shape index (κ2) is 8.34. The minimum absolute atomic E-state index is 0.0484. The van der Waals surface area contributed by atoms with E-state index in [1.165, 1.54) is 22.5 Å². The summed E-state index contributed by atoms with van der Waals surface area (Å²) in [4.78, 5) is 14.1. The molecule has 2 aliphatic heterocycles. The molecule has 1 amide bonds. The lowest BCUT2D eigenvalue weighted by Crippen LogP contribution is -2.50. The van der Waals surface area contributed by atoms with E-state index < -0.39 is 21.9 Å². The van der Waals surface area contributed by atoms with Crippen molar-refractivity contribution < 1.29 is 22.3 Å². The van der Waals surface area contributed by atoms with Gasteiger partial charge in [-0.1, -0.05) is 29.3 Å². The fraction of sp³-hybridized carbons (Fsp3) is 0.350. The topological polar surface area (TPSA) is 66.9 Å². The average molecular weight is 473 g/mol. The third-order valence-electron chi connectivity index (χ3n) is 5.41. The molecule has 0 N–H and O–H groups in total. The maximum absolute atomic E-state index is 13.6. The molecule has 0 bridgehead atoms. The van der Waals surface area contributed by atoms with E-state index in [0.29, 0.717) is 17.9 Å². The van der Waals surface area contributed by atoms with Crippen molar-refractivity contribution in [3.05, 3.63) is 62.8 Å². The van der Waals surface area contributed by atoms with E-state index in [4.69, 9.17) is 27.9 Å². The van der Waals surface area contributed by atoms with Gasteiger partial charge in [0.25, 0.3) is 0 Å². The summed E-state index contributed by atoms with van der Waals surface area (Å²) in [5, 5.41) is 0.325. The monoisotopic (exact) mass is 472 g/mol. The molecule has 0 spiro atoms. The molecule has 0 unspecified atom stereocenters. The van der Waals surface area contributed by atoms with Crippen molar-refractivity contribution >= 4 is 45.0 Å². The van der Waals surface area contributed by atoms with E-state index in [0.717, 1.165) is 11.3 Å². The van der Waals surface area contributed by atoms with Gasteiger partial charge in [-0.15, -0.1) is 0 Å². The van der Waals surface area contributed by atoms with Crippen LogP contribution < -0.4 is 4.90 Å². The minimum atomic E-state index is -3.79. The Morgan fingerprint density at radius 1 is 1.17 bits per heavy atom. The van der Waals surface area contributed by atoms with Gasteiger partial charge < -0.3 is 4.74 Å². The number of rotatable bonds is 3. The highest BCUT2D eigenvalue weighted by Gasteiger charge is 2.37. The molecule has 1 fully saturated rings. The molecule has 2 heterocycles. The van der Waals surface area contributed by atoms with Crippen LogP contribution in [0.25, 0.3) is 0 Å². The third kappa shape index (κ3) is 4.01. The van der Waals surface area contributed by atoms with Gasteiger partial charge in [-0.25, -0.2) is 17.6 Å². The largest absolute Gasteiger partial charge is 0.444 e. The third-order valence-corrected chi connectivity index (χ3v) is 7.92. The fourth-order valence-corrected chi connectivity index (χ4v) is 5.92. The van der Waals surface area contributed by atoms with E-state index in [1.807, 2.05) is 0 Å². The zero-order chi connectivity index (χ0) is 21.5. The number of hydrogen-bond donors (Lipinski definition) is 0. The van der Waals surface area contributed by atoms with Gasteiger partial charge in [0.15, 0.2) is 0 Å². The van der Waals surface area contributed by atoms with Gasteiger partial charge in [0, 0.05) is 36.1 Å². The molecule has 10 heteroatoms. The van der Waals surface area contributed by atoms with Gasteiger partial charge in [-0.05, 0) is 43.2 Å². The zero-order valence-corrected chi connectivity index (χ0v) is 18.2. The van der Waals surface area contributed by atoms with E-state index >= 15 is 0 Å². The van der Waals surface area contributed by atoms with Crippen LogP contribution in [0.2, 0.25) is 5.02 Å². The predicted octanol–water partition coefficient (Wildman–Crippen LogP) is 4.85. The number of ether oxygens (including phenoxy) is 1. The predicted molar refractivity (Wildman–Crippen MR) is 113 cm³/mol. The number of amides is 1. The second-order valence-corrected chi connectivity index (χ2v) is 10.1. The van der Waals surface area contributed by atoms with E-state index in [1.54, 1.807) is 23.1 Å². The number of allylic oxidation sites excluding steroid dienone is 6. The van der Waals surface area contributed by atoms with Crippen molar-refractivity contribution in [2.24, 2.45) is 0 Å². The highest BCUT2D eigenvalue weighted by molar-refractivity contribution is 7.93. The summed E-state index contributed by atoms with van der Waals surface area (Å²) in [5.41, 5.74) is 1.55. The number of fused-ring (bicyclic) bond motifs is 1. The highest BCUT2D eigenvalue weighted by Crippen LogP contribution is 2.35. The lowest BCUT2D eigenvalue weighted by Gasteiger charge is -2.40. The minimum Gasteiger partial charge on any atom is -0.444 e. The lowest BCUT2D eigenvalue weighted by molar-refractivity contribution is 0.136. The first-order valence-corrected chi connectivity index (χ1v) is 11.6. The Bertz CT molecular complexity index is 1080. The second-order valence-electron chi connectivity index (χ2n) is 7.25. The van der Waals surface area contributed by atoms with Crippen LogP contribution in [0.1, 0.15) is 24.8 Å². The average Bonchev–Trinajstić information content (AvgIpc) is 2.89. The van der Waals surface area contributed by atoms with Crippen molar-refractivity contribution in [1.29, 1.82) is 0 Å². The summed E-state index contributed by atoms with van der Waals surface area (Å²) in [6, 6.07) is 5.06. The van der Waals surface area contributed by atoms with Gasteiger partial charge in [0.1, 0.15) is 12.4 Å². The maximum Gasteiger partial charge on any atom is 0.414 e. The summed E-state index contributed by atoms with van der Waals surface area (Å²) in [7, 11) is -3.79. The van der Waals surface area contributed by atoms with Gasteiger partial charge in [0.2, 0.25) is 10.0 Å². The van der Waals surface area contributed by atoms with Crippen molar-refractivity contribution in [3.63, 3.8) is 0 Å². The molecular weight excluding hydrogens is 454 g/mol. The number of nitrogens with zero attached hydrogens (tertiary/aromatic N) is 2. The van der Waals surface area contributed by atoms with Crippen LogP contribution in [-0.2, 0) is 21.4 Å². The Morgan fingerprint density at radius 2 is 1.90 bits per heavy atom. The van der Waals surface area contributed by atoms with E-state index in [2.05, 4.69) is 0 Å². The number of hydrogen-bond acceptors (Lipinski definition) is 4. The van der Waals surface area contributed by atoms with Crippen molar-refractivity contribution in [1.82, 2.24) is 4.31 Å². The molecule has 0 saturated carbocycles. The first-order chi connectivity index (χ1) is 14.3. The van der Waals surface area contributed by atoms with Crippen LogP contribution in [-0.4, -0.2) is 37.9 Å². The normalized spacial score (nSPS) is 21.2. The molecule has 6 nitrogen and oxygen atoms in total. The van der Waals surface area contributed by atoms with Gasteiger partial charge in [0.05, 0.1) is 15.6 Å². The molecule has 0 aromatic heterocycles. The molecule has 0 radical (unpaired) electrons. The summed E-state index contributed by atoms with van der Waals surface area (Å²) in [6.07, 6.45) is 4.27. The Balaban J connectivity index is 1.51. The smallest absolute Gasteiger partial charge is 0.414 e. The van der Waals surface area contributed by atoms with Gasteiger partial charge in [-0.2, -0.15) is 4.31 Å². The van der Waals surface area contributed by atoms with Crippen LogP contribution >= 0.6 is 23.2 Å². The number of piperidine rings is 1. The first-order valence-electron chi connectivity index (χ1n) is 9.44. The van der Waals surface area contributed by atoms with Crippen LogP contribution in [0, 0.1) is 0 Å². The molecule has 160 valence electrons. The molecule has 30 heavy (non-hydrogen) atoms. The van der Waals surface area contributed by atoms with Gasteiger partial charge >= 0.3 is 6.09 Å². The standard InChI is InChI=1S/C20H19Cl2FN2O4S/c21-14-4-5-19-13(10-14)12-29-20(26)25(19)15-6-8-24(9-7-15)30(27,28)16-2-1-3-18(23)17(22)11-16/h1,3-5,10-11,15H,2,6-9,12H2. The number of anilines is 1. The molecular formula is C20H19Cl2FN2O4S.